The smallest absolute Gasteiger partial charge is 0.328 e. The molecule has 0 aromatic carbocycles. The monoisotopic (exact) mass is 239 g/mol. The highest BCUT2D eigenvalue weighted by molar-refractivity contribution is 7.16. The van der Waals surface area contributed by atoms with Crippen molar-refractivity contribution in [3.05, 3.63) is 23.1 Å². The lowest BCUT2D eigenvalue weighted by atomic mass is 10.4. The second kappa shape index (κ2) is 5.14. The van der Waals surface area contributed by atoms with Crippen LogP contribution < -0.4 is 4.90 Å². The van der Waals surface area contributed by atoms with Crippen LogP contribution in [-0.4, -0.2) is 37.4 Å². The predicted octanol–water partition coefficient (Wildman–Crippen LogP) is 1.68. The van der Waals surface area contributed by atoms with Crippen LogP contribution in [0.15, 0.2) is 18.2 Å². The molecule has 0 spiro atoms. The maximum absolute atomic E-state index is 10.4. The van der Waals surface area contributed by atoms with Crippen LogP contribution in [0.5, 0.6) is 0 Å². The fourth-order valence-corrected chi connectivity index (χ4v) is 2.50. The Balaban J connectivity index is 2.03. The van der Waals surface area contributed by atoms with E-state index in [0.717, 1.165) is 37.3 Å². The molecule has 2 heterocycles. The van der Waals surface area contributed by atoms with Gasteiger partial charge in [0.2, 0.25) is 0 Å². The van der Waals surface area contributed by atoms with Gasteiger partial charge >= 0.3 is 5.97 Å². The van der Waals surface area contributed by atoms with Gasteiger partial charge in [-0.15, -0.1) is 11.3 Å². The largest absolute Gasteiger partial charge is 0.478 e. The van der Waals surface area contributed by atoms with Crippen LogP contribution in [-0.2, 0) is 9.53 Å². The van der Waals surface area contributed by atoms with Gasteiger partial charge in [-0.25, -0.2) is 4.79 Å². The van der Waals surface area contributed by atoms with Crippen molar-refractivity contribution >= 4 is 28.4 Å². The maximum atomic E-state index is 10.4. The highest BCUT2D eigenvalue weighted by Crippen LogP contribution is 2.27. The van der Waals surface area contributed by atoms with E-state index in [9.17, 15) is 4.79 Å². The average molecular weight is 239 g/mol. The lowest BCUT2D eigenvalue weighted by Crippen LogP contribution is -2.35. The molecule has 4 nitrogen and oxygen atoms in total. The molecule has 5 heteroatoms. The fourth-order valence-electron chi connectivity index (χ4n) is 1.54. The van der Waals surface area contributed by atoms with E-state index in [4.69, 9.17) is 9.84 Å². The van der Waals surface area contributed by atoms with E-state index in [1.807, 2.05) is 12.1 Å². The molecule has 1 saturated heterocycles. The van der Waals surface area contributed by atoms with Crippen molar-refractivity contribution in [1.29, 1.82) is 0 Å². The Labute approximate surface area is 97.8 Å². The third-order valence-corrected chi connectivity index (χ3v) is 3.44. The molecule has 1 aromatic rings. The zero-order valence-corrected chi connectivity index (χ0v) is 9.57. The lowest BCUT2D eigenvalue weighted by Gasteiger charge is -2.27. The Morgan fingerprint density at radius 2 is 2.19 bits per heavy atom. The van der Waals surface area contributed by atoms with Gasteiger partial charge in [-0.3, -0.25) is 0 Å². The molecule has 1 aliphatic rings. The maximum Gasteiger partial charge on any atom is 0.328 e. The summed E-state index contributed by atoms with van der Waals surface area (Å²) in [7, 11) is 0. The second-order valence-corrected chi connectivity index (χ2v) is 4.54. The molecule has 0 aliphatic carbocycles. The first-order valence-electron chi connectivity index (χ1n) is 5.09. The van der Waals surface area contributed by atoms with Crippen molar-refractivity contribution in [2.45, 2.75) is 0 Å². The molecular formula is C11H13NO3S. The second-order valence-electron chi connectivity index (χ2n) is 3.45. The summed E-state index contributed by atoms with van der Waals surface area (Å²) < 4.78 is 5.28. The summed E-state index contributed by atoms with van der Waals surface area (Å²) in [6.45, 7) is 3.33. The van der Waals surface area contributed by atoms with Crippen LogP contribution in [0.1, 0.15) is 4.88 Å². The zero-order valence-electron chi connectivity index (χ0n) is 8.76. The van der Waals surface area contributed by atoms with Crippen LogP contribution >= 0.6 is 11.3 Å². The summed E-state index contributed by atoms with van der Waals surface area (Å²) >= 11 is 1.60. The number of anilines is 1. The van der Waals surface area contributed by atoms with Crippen LogP contribution in [0.2, 0.25) is 0 Å². The van der Waals surface area contributed by atoms with Gasteiger partial charge in [0.25, 0.3) is 0 Å². The van der Waals surface area contributed by atoms with Crippen molar-refractivity contribution < 1.29 is 14.6 Å². The normalized spacial score (nSPS) is 16.9. The van der Waals surface area contributed by atoms with Gasteiger partial charge < -0.3 is 14.7 Å². The number of carbonyl (C=O) groups is 1. The molecule has 0 bridgehead atoms. The third kappa shape index (κ3) is 2.84. The standard InChI is InChI=1S/C11H13NO3S/c13-11(14)4-2-9-1-3-10(16-9)12-5-7-15-8-6-12/h1-4H,5-8H2,(H,13,14)/b4-2+. The molecule has 1 fully saturated rings. The minimum absolute atomic E-state index is 0.762. The molecular weight excluding hydrogens is 226 g/mol. The molecule has 0 radical (unpaired) electrons. The number of ether oxygens (including phenoxy) is 1. The molecule has 0 unspecified atom stereocenters. The lowest BCUT2D eigenvalue weighted by molar-refractivity contribution is -0.131. The first-order valence-corrected chi connectivity index (χ1v) is 5.91. The molecule has 0 saturated carbocycles. The summed E-state index contributed by atoms with van der Waals surface area (Å²) in [6, 6.07) is 3.96. The molecule has 2 rings (SSSR count). The summed E-state index contributed by atoms with van der Waals surface area (Å²) in [5, 5.41) is 9.70. The van der Waals surface area contributed by atoms with E-state index < -0.39 is 5.97 Å². The number of thiophene rings is 1. The number of carboxylic acid groups (broad SMARTS) is 1. The van der Waals surface area contributed by atoms with Gasteiger partial charge in [0.1, 0.15) is 0 Å². The number of nitrogens with zero attached hydrogens (tertiary/aromatic N) is 1. The summed E-state index contributed by atoms with van der Waals surface area (Å²) in [5.74, 6) is -0.915. The van der Waals surface area contributed by atoms with Crippen molar-refractivity contribution in [1.82, 2.24) is 0 Å². The van der Waals surface area contributed by atoms with Gasteiger partial charge in [-0.2, -0.15) is 0 Å². The number of carboxylic acids is 1. The topological polar surface area (TPSA) is 49.8 Å². The van der Waals surface area contributed by atoms with Crippen LogP contribution in [0.25, 0.3) is 6.08 Å². The Morgan fingerprint density at radius 1 is 1.44 bits per heavy atom. The highest BCUT2D eigenvalue weighted by Gasteiger charge is 2.12. The number of hydrogen-bond acceptors (Lipinski definition) is 4. The van der Waals surface area contributed by atoms with Gasteiger partial charge in [-0.05, 0) is 18.2 Å². The van der Waals surface area contributed by atoms with Crippen LogP contribution in [0, 0.1) is 0 Å². The van der Waals surface area contributed by atoms with E-state index in [0.29, 0.717) is 0 Å². The number of rotatable bonds is 3. The quantitative estimate of drug-likeness (QED) is 0.815. The molecule has 1 aliphatic heterocycles. The third-order valence-electron chi connectivity index (χ3n) is 2.33. The summed E-state index contributed by atoms with van der Waals surface area (Å²) in [6.07, 6.45) is 2.78. The van der Waals surface area contributed by atoms with E-state index in [1.165, 1.54) is 5.00 Å². The Hall–Kier alpha value is -1.33. The first kappa shape index (κ1) is 11.2. The first-order chi connectivity index (χ1) is 7.75. The zero-order chi connectivity index (χ0) is 11.4. The Kier molecular flexibility index (Phi) is 3.58. The van der Waals surface area contributed by atoms with Gasteiger partial charge in [0.15, 0.2) is 0 Å². The predicted molar refractivity (Wildman–Crippen MR) is 64.0 cm³/mol. The Bertz CT molecular complexity index is 394. The summed E-state index contributed by atoms with van der Waals surface area (Å²) in [4.78, 5) is 13.6. The van der Waals surface area contributed by atoms with Gasteiger partial charge in [-0.1, -0.05) is 0 Å². The van der Waals surface area contributed by atoms with Crippen LogP contribution in [0.4, 0.5) is 5.00 Å². The van der Waals surface area contributed by atoms with E-state index in [1.54, 1.807) is 17.4 Å². The van der Waals surface area contributed by atoms with Crippen molar-refractivity contribution in [3.63, 3.8) is 0 Å². The van der Waals surface area contributed by atoms with Crippen molar-refractivity contribution in [2.75, 3.05) is 31.2 Å². The van der Waals surface area contributed by atoms with Crippen molar-refractivity contribution in [2.24, 2.45) is 0 Å². The van der Waals surface area contributed by atoms with Crippen molar-refractivity contribution in [3.8, 4) is 0 Å². The minimum Gasteiger partial charge on any atom is -0.478 e. The van der Waals surface area contributed by atoms with E-state index >= 15 is 0 Å². The number of hydrogen-bond donors (Lipinski definition) is 1. The SMILES string of the molecule is O=C(O)/C=C/c1ccc(N2CCOCC2)s1. The highest BCUT2D eigenvalue weighted by atomic mass is 32.1. The average Bonchev–Trinajstić information content (AvgIpc) is 2.76. The number of morpholine rings is 1. The molecule has 86 valence electrons. The number of aliphatic carboxylic acids is 1. The summed E-state index contributed by atoms with van der Waals surface area (Å²) in [5.41, 5.74) is 0. The van der Waals surface area contributed by atoms with Crippen LogP contribution in [0.3, 0.4) is 0 Å². The van der Waals surface area contributed by atoms with Gasteiger partial charge in [0.05, 0.1) is 18.2 Å². The molecule has 16 heavy (non-hydrogen) atoms. The van der Waals surface area contributed by atoms with Gasteiger partial charge in [0, 0.05) is 24.0 Å². The fraction of sp³-hybridized carbons (Fsp3) is 0.364. The molecule has 0 amide bonds. The minimum atomic E-state index is -0.915. The Morgan fingerprint density at radius 3 is 2.88 bits per heavy atom. The van der Waals surface area contributed by atoms with E-state index in [2.05, 4.69) is 4.90 Å². The van der Waals surface area contributed by atoms with E-state index in [-0.39, 0.29) is 0 Å². The molecule has 0 atom stereocenters. The molecule has 1 aromatic heterocycles. The molecule has 1 N–H and O–H groups in total.